The third-order valence-electron chi connectivity index (χ3n) is 7.50. The fourth-order valence-corrected chi connectivity index (χ4v) is 5.22. The Morgan fingerprint density at radius 1 is 1.15 bits per heavy atom. The number of carbonyl (C=O) groups excluding carboxylic acids is 1. The fraction of sp³-hybridized carbons (Fsp3) is 0.630. The molecule has 1 heterocycles. The van der Waals surface area contributed by atoms with Crippen LogP contribution in [0.5, 0.6) is 0 Å². The number of ether oxygens (including phenoxy) is 1. The van der Waals surface area contributed by atoms with E-state index in [-0.39, 0.29) is 17.6 Å². The average molecular weight is 452 g/mol. The lowest BCUT2D eigenvalue weighted by atomic mass is 9.84. The number of hydrogen-bond donors (Lipinski definition) is 2. The first-order valence-corrected chi connectivity index (χ1v) is 12.6. The van der Waals surface area contributed by atoms with Crippen molar-refractivity contribution in [3.63, 3.8) is 0 Å². The molecular formula is C27H37N3O3. The molecule has 1 aromatic heterocycles. The summed E-state index contributed by atoms with van der Waals surface area (Å²) in [6.45, 7) is 6.65. The molecule has 1 amide bonds. The number of rotatable bonds is 7. The molecule has 5 rings (SSSR count). The van der Waals surface area contributed by atoms with Crippen LogP contribution >= 0.6 is 0 Å². The molecule has 0 unspecified atom stereocenters. The van der Waals surface area contributed by atoms with Gasteiger partial charge >= 0.3 is 6.09 Å². The SMILES string of the molecule is CC(C)(C)OC(=O)NC1CCC(c2cc(C3(CN[C@@H]4C[C@H]4c4ccccc4)CC3)no2)CC1. The second-order valence-electron chi connectivity index (χ2n) is 11.3. The smallest absolute Gasteiger partial charge is 0.407 e. The fourth-order valence-electron chi connectivity index (χ4n) is 5.22. The van der Waals surface area contributed by atoms with Gasteiger partial charge in [0.25, 0.3) is 0 Å². The van der Waals surface area contributed by atoms with Crippen LogP contribution in [0.2, 0.25) is 0 Å². The van der Waals surface area contributed by atoms with E-state index < -0.39 is 5.60 Å². The molecule has 2 atom stereocenters. The Balaban J connectivity index is 1.10. The van der Waals surface area contributed by atoms with Gasteiger partial charge in [-0.15, -0.1) is 0 Å². The molecule has 0 aliphatic heterocycles. The molecule has 2 N–H and O–H groups in total. The van der Waals surface area contributed by atoms with E-state index in [1.54, 1.807) is 0 Å². The van der Waals surface area contributed by atoms with Gasteiger partial charge in [-0.25, -0.2) is 4.79 Å². The van der Waals surface area contributed by atoms with Crippen molar-refractivity contribution in [3.05, 3.63) is 53.4 Å². The zero-order valence-electron chi connectivity index (χ0n) is 20.1. The van der Waals surface area contributed by atoms with Crippen molar-refractivity contribution in [3.8, 4) is 0 Å². The lowest BCUT2D eigenvalue weighted by Crippen LogP contribution is -2.40. The zero-order valence-corrected chi connectivity index (χ0v) is 20.1. The quantitative estimate of drug-likeness (QED) is 0.589. The molecule has 6 heteroatoms. The van der Waals surface area contributed by atoms with Crippen molar-refractivity contribution >= 4 is 6.09 Å². The summed E-state index contributed by atoms with van der Waals surface area (Å²) < 4.78 is 11.2. The standard InChI is InChI=1S/C27H37N3O3/c1-26(2,3)32-25(31)29-20-11-9-19(10-12-20)23-16-24(30-33-23)27(13-14-27)17-28-22-15-21(22)18-7-5-4-6-8-18/h4-8,16,19-22,28H,9-15,17H2,1-3H3,(H,29,31)/t19?,20?,21-,22+/m0/s1. The van der Waals surface area contributed by atoms with E-state index in [4.69, 9.17) is 9.26 Å². The molecule has 0 bridgehead atoms. The summed E-state index contributed by atoms with van der Waals surface area (Å²) in [5, 5.41) is 11.3. The first-order chi connectivity index (χ1) is 15.8. The van der Waals surface area contributed by atoms with E-state index >= 15 is 0 Å². The van der Waals surface area contributed by atoms with Gasteiger partial charge < -0.3 is 19.9 Å². The predicted octanol–water partition coefficient (Wildman–Crippen LogP) is 5.40. The molecule has 3 aliphatic rings. The van der Waals surface area contributed by atoms with Crippen molar-refractivity contribution in [1.29, 1.82) is 0 Å². The molecule has 33 heavy (non-hydrogen) atoms. The zero-order chi connectivity index (χ0) is 23.1. The van der Waals surface area contributed by atoms with Crippen LogP contribution in [0.3, 0.4) is 0 Å². The maximum Gasteiger partial charge on any atom is 0.407 e. The largest absolute Gasteiger partial charge is 0.444 e. The number of hydrogen-bond acceptors (Lipinski definition) is 5. The predicted molar refractivity (Wildman–Crippen MR) is 127 cm³/mol. The molecule has 1 aromatic carbocycles. The number of nitrogens with zero attached hydrogens (tertiary/aromatic N) is 1. The first kappa shape index (κ1) is 22.5. The molecule has 0 radical (unpaired) electrons. The van der Waals surface area contributed by atoms with E-state index in [0.717, 1.165) is 43.7 Å². The van der Waals surface area contributed by atoms with Gasteiger partial charge in [0, 0.05) is 41.9 Å². The second kappa shape index (κ2) is 8.79. The van der Waals surface area contributed by atoms with Gasteiger partial charge in [0.15, 0.2) is 0 Å². The van der Waals surface area contributed by atoms with Crippen LogP contribution in [-0.2, 0) is 10.2 Å². The summed E-state index contributed by atoms with van der Waals surface area (Å²) in [7, 11) is 0. The molecule has 0 saturated heterocycles. The van der Waals surface area contributed by atoms with Crippen molar-refractivity contribution < 1.29 is 14.1 Å². The third kappa shape index (κ3) is 5.43. The topological polar surface area (TPSA) is 76.4 Å². The molecular weight excluding hydrogens is 414 g/mol. The molecule has 0 spiro atoms. The number of amides is 1. The van der Waals surface area contributed by atoms with Crippen molar-refractivity contribution in [2.45, 2.75) is 101 Å². The third-order valence-corrected chi connectivity index (χ3v) is 7.50. The Morgan fingerprint density at radius 2 is 1.88 bits per heavy atom. The Labute approximate surface area is 196 Å². The molecule has 3 fully saturated rings. The Morgan fingerprint density at radius 3 is 2.55 bits per heavy atom. The molecule has 3 saturated carbocycles. The van der Waals surface area contributed by atoms with E-state index in [1.807, 2.05) is 20.8 Å². The van der Waals surface area contributed by atoms with E-state index in [2.05, 4.69) is 52.2 Å². The Bertz CT molecular complexity index is 952. The Hall–Kier alpha value is -2.34. The highest BCUT2D eigenvalue weighted by Crippen LogP contribution is 2.49. The van der Waals surface area contributed by atoms with E-state index in [1.165, 1.54) is 24.8 Å². The summed E-state index contributed by atoms with van der Waals surface area (Å²) in [6, 6.07) is 13.8. The summed E-state index contributed by atoms with van der Waals surface area (Å²) in [4.78, 5) is 12.0. The molecule has 6 nitrogen and oxygen atoms in total. The lowest BCUT2D eigenvalue weighted by molar-refractivity contribution is 0.0490. The minimum absolute atomic E-state index is 0.154. The second-order valence-corrected chi connectivity index (χ2v) is 11.3. The van der Waals surface area contributed by atoms with E-state index in [9.17, 15) is 4.79 Å². The van der Waals surface area contributed by atoms with Gasteiger partial charge in [-0.3, -0.25) is 0 Å². The van der Waals surface area contributed by atoms with Gasteiger partial charge in [0.1, 0.15) is 11.4 Å². The minimum Gasteiger partial charge on any atom is -0.444 e. The van der Waals surface area contributed by atoms with Gasteiger partial charge in [-0.1, -0.05) is 35.5 Å². The lowest BCUT2D eigenvalue weighted by Gasteiger charge is -2.29. The van der Waals surface area contributed by atoms with Crippen molar-refractivity contribution in [1.82, 2.24) is 15.8 Å². The van der Waals surface area contributed by atoms with Crippen LogP contribution in [0.1, 0.15) is 94.6 Å². The highest BCUT2D eigenvalue weighted by Gasteiger charge is 2.49. The van der Waals surface area contributed by atoms with Crippen LogP contribution in [0, 0.1) is 0 Å². The maximum absolute atomic E-state index is 12.0. The van der Waals surface area contributed by atoms with Gasteiger partial charge in [-0.2, -0.15) is 0 Å². The van der Waals surface area contributed by atoms with Crippen molar-refractivity contribution in [2.24, 2.45) is 0 Å². The molecule has 2 aromatic rings. The Kier molecular flexibility index (Phi) is 5.98. The number of nitrogens with one attached hydrogen (secondary N) is 2. The normalized spacial score (nSPS) is 28.2. The summed E-state index contributed by atoms with van der Waals surface area (Å²) >= 11 is 0. The molecule has 178 valence electrons. The van der Waals surface area contributed by atoms with Crippen molar-refractivity contribution in [2.75, 3.05) is 6.54 Å². The summed E-state index contributed by atoms with van der Waals surface area (Å²) in [5.41, 5.74) is 2.25. The number of aromatic nitrogens is 1. The average Bonchev–Trinajstić information content (AvgIpc) is 3.69. The van der Waals surface area contributed by atoms with Gasteiger partial charge in [0.2, 0.25) is 0 Å². The molecule has 3 aliphatic carbocycles. The number of benzene rings is 1. The van der Waals surface area contributed by atoms with Gasteiger partial charge in [0.05, 0.1) is 5.69 Å². The highest BCUT2D eigenvalue weighted by atomic mass is 16.6. The van der Waals surface area contributed by atoms with Crippen LogP contribution in [-0.4, -0.2) is 35.5 Å². The maximum atomic E-state index is 12.0. The van der Waals surface area contributed by atoms with Crippen LogP contribution in [0.4, 0.5) is 4.79 Å². The van der Waals surface area contributed by atoms with E-state index in [0.29, 0.717) is 17.9 Å². The highest BCUT2D eigenvalue weighted by molar-refractivity contribution is 5.68. The van der Waals surface area contributed by atoms with Crippen LogP contribution < -0.4 is 10.6 Å². The minimum atomic E-state index is -0.465. The van der Waals surface area contributed by atoms with Crippen LogP contribution in [0.15, 0.2) is 40.9 Å². The monoisotopic (exact) mass is 451 g/mol. The first-order valence-electron chi connectivity index (χ1n) is 12.6. The number of alkyl carbamates (subject to hydrolysis) is 1. The van der Waals surface area contributed by atoms with Crippen LogP contribution in [0.25, 0.3) is 0 Å². The number of carbonyl (C=O) groups is 1. The summed E-state index contributed by atoms with van der Waals surface area (Å²) in [6.07, 6.45) is 7.15. The summed E-state index contributed by atoms with van der Waals surface area (Å²) in [5.74, 6) is 2.05. The van der Waals surface area contributed by atoms with Gasteiger partial charge in [-0.05, 0) is 71.3 Å².